The van der Waals surface area contributed by atoms with Crippen LogP contribution in [-0.4, -0.2) is 16.2 Å². The molecule has 5 heteroatoms. The van der Waals surface area contributed by atoms with E-state index in [1.807, 2.05) is 6.92 Å². The minimum Gasteiger partial charge on any atom is -0.376 e. The fourth-order valence-electron chi connectivity index (χ4n) is 1.33. The number of H-pyrrole nitrogens is 1. The van der Waals surface area contributed by atoms with Gasteiger partial charge in [0.25, 0.3) is 5.56 Å². The van der Waals surface area contributed by atoms with Crippen LogP contribution in [0.15, 0.2) is 15.7 Å². The van der Waals surface area contributed by atoms with Crippen LogP contribution in [0.4, 0.5) is 0 Å². The number of aromatic amines is 1. The van der Waals surface area contributed by atoms with Crippen molar-refractivity contribution in [2.24, 2.45) is 0 Å². The van der Waals surface area contributed by atoms with Crippen molar-refractivity contribution in [1.82, 2.24) is 9.55 Å². The second kappa shape index (κ2) is 4.93. The highest BCUT2D eigenvalue weighted by atomic mass is 16.5. The van der Waals surface area contributed by atoms with E-state index in [1.165, 1.54) is 10.6 Å². The maximum Gasteiger partial charge on any atom is 0.328 e. The standard InChI is InChI=1S/C10H16N2O3/c1-4-15-6-8-5-9(13)12(7(2)3)10(14)11-8/h5,7H,4,6H2,1-3H3,(H,11,14). The highest BCUT2D eigenvalue weighted by Gasteiger charge is 2.06. The van der Waals surface area contributed by atoms with Crippen LogP contribution < -0.4 is 11.2 Å². The molecule has 0 amide bonds. The highest BCUT2D eigenvalue weighted by molar-refractivity contribution is 4.98. The normalized spacial score (nSPS) is 10.9. The van der Waals surface area contributed by atoms with E-state index in [0.717, 1.165) is 0 Å². The number of nitrogens with one attached hydrogen (secondary N) is 1. The minimum absolute atomic E-state index is 0.137. The summed E-state index contributed by atoms with van der Waals surface area (Å²) in [4.78, 5) is 25.7. The first-order valence-electron chi connectivity index (χ1n) is 4.98. The Bertz CT molecular complexity index is 400. The summed E-state index contributed by atoms with van der Waals surface area (Å²) in [7, 11) is 0. The van der Waals surface area contributed by atoms with E-state index in [2.05, 4.69) is 4.98 Å². The van der Waals surface area contributed by atoms with Crippen LogP contribution in [0.25, 0.3) is 0 Å². The van der Waals surface area contributed by atoms with E-state index < -0.39 is 0 Å². The zero-order valence-corrected chi connectivity index (χ0v) is 9.24. The number of hydrogen-bond donors (Lipinski definition) is 1. The van der Waals surface area contributed by atoms with Gasteiger partial charge in [0, 0.05) is 18.7 Å². The van der Waals surface area contributed by atoms with Crippen molar-refractivity contribution in [2.75, 3.05) is 6.61 Å². The average molecular weight is 212 g/mol. The Morgan fingerprint density at radius 3 is 2.60 bits per heavy atom. The Balaban J connectivity index is 3.09. The van der Waals surface area contributed by atoms with Crippen molar-refractivity contribution >= 4 is 0 Å². The van der Waals surface area contributed by atoms with Crippen molar-refractivity contribution < 1.29 is 4.74 Å². The fraction of sp³-hybridized carbons (Fsp3) is 0.600. The third kappa shape index (κ3) is 2.79. The molecule has 0 fully saturated rings. The van der Waals surface area contributed by atoms with Crippen molar-refractivity contribution in [3.63, 3.8) is 0 Å². The second-order valence-corrected chi connectivity index (χ2v) is 3.54. The lowest BCUT2D eigenvalue weighted by atomic mass is 10.3. The van der Waals surface area contributed by atoms with Gasteiger partial charge < -0.3 is 9.72 Å². The van der Waals surface area contributed by atoms with Crippen molar-refractivity contribution in [3.8, 4) is 0 Å². The molecule has 0 atom stereocenters. The van der Waals surface area contributed by atoms with Gasteiger partial charge in [-0.25, -0.2) is 4.79 Å². The molecule has 1 aromatic heterocycles. The summed E-state index contributed by atoms with van der Waals surface area (Å²) in [6, 6.07) is 1.26. The Hall–Kier alpha value is -1.36. The van der Waals surface area contributed by atoms with Gasteiger partial charge in [0.15, 0.2) is 0 Å². The SMILES string of the molecule is CCOCc1cc(=O)n(C(C)C)c(=O)[nH]1. The van der Waals surface area contributed by atoms with Crippen LogP contribution in [-0.2, 0) is 11.3 Å². The molecule has 1 N–H and O–H groups in total. The third-order valence-corrected chi connectivity index (χ3v) is 2.00. The maximum absolute atomic E-state index is 11.6. The molecule has 0 aliphatic rings. The molecule has 0 aliphatic heterocycles. The monoisotopic (exact) mass is 212 g/mol. The lowest BCUT2D eigenvalue weighted by Crippen LogP contribution is -2.36. The molecule has 0 aromatic carbocycles. The topological polar surface area (TPSA) is 64.1 Å². The van der Waals surface area contributed by atoms with Gasteiger partial charge in [-0.2, -0.15) is 0 Å². The lowest BCUT2D eigenvalue weighted by molar-refractivity contribution is 0.130. The zero-order valence-electron chi connectivity index (χ0n) is 9.24. The van der Waals surface area contributed by atoms with Gasteiger partial charge in [-0.15, -0.1) is 0 Å². The van der Waals surface area contributed by atoms with Gasteiger partial charge in [-0.3, -0.25) is 9.36 Å². The van der Waals surface area contributed by atoms with Crippen LogP contribution >= 0.6 is 0 Å². The molecule has 0 saturated carbocycles. The predicted octanol–water partition coefficient (Wildman–Crippen LogP) is 0.654. The van der Waals surface area contributed by atoms with Gasteiger partial charge in [0.2, 0.25) is 0 Å². The van der Waals surface area contributed by atoms with Crippen LogP contribution in [0.3, 0.4) is 0 Å². The zero-order chi connectivity index (χ0) is 11.4. The molecule has 0 spiro atoms. The molecule has 84 valence electrons. The predicted molar refractivity (Wildman–Crippen MR) is 57.0 cm³/mol. The molecule has 0 unspecified atom stereocenters. The molecule has 15 heavy (non-hydrogen) atoms. The molecule has 5 nitrogen and oxygen atoms in total. The molecule has 0 radical (unpaired) electrons. The lowest BCUT2D eigenvalue weighted by Gasteiger charge is -2.09. The minimum atomic E-state index is -0.382. The van der Waals surface area contributed by atoms with Crippen LogP contribution in [0, 0.1) is 0 Å². The summed E-state index contributed by atoms with van der Waals surface area (Å²) < 4.78 is 6.29. The molecule has 0 bridgehead atoms. The summed E-state index contributed by atoms with van der Waals surface area (Å²) in [5, 5.41) is 0. The Morgan fingerprint density at radius 1 is 1.47 bits per heavy atom. The first kappa shape index (κ1) is 11.7. The molecular formula is C10H16N2O3. The molecule has 1 aromatic rings. The third-order valence-electron chi connectivity index (χ3n) is 2.00. The van der Waals surface area contributed by atoms with Gasteiger partial charge in [-0.05, 0) is 20.8 Å². The van der Waals surface area contributed by atoms with E-state index in [0.29, 0.717) is 12.3 Å². The first-order valence-corrected chi connectivity index (χ1v) is 4.98. The number of nitrogens with zero attached hydrogens (tertiary/aromatic N) is 1. The Labute approximate surface area is 87.7 Å². The van der Waals surface area contributed by atoms with E-state index in [4.69, 9.17) is 4.74 Å². The second-order valence-electron chi connectivity index (χ2n) is 3.54. The molecule has 1 heterocycles. The summed E-state index contributed by atoms with van der Waals surface area (Å²) in [5.74, 6) is 0. The highest BCUT2D eigenvalue weighted by Crippen LogP contribution is 1.95. The van der Waals surface area contributed by atoms with Gasteiger partial charge in [-0.1, -0.05) is 0 Å². The number of hydrogen-bond acceptors (Lipinski definition) is 3. The average Bonchev–Trinajstić information content (AvgIpc) is 2.12. The molecular weight excluding hydrogens is 196 g/mol. The van der Waals surface area contributed by atoms with E-state index >= 15 is 0 Å². The van der Waals surface area contributed by atoms with E-state index in [9.17, 15) is 9.59 Å². The first-order chi connectivity index (χ1) is 7.06. The van der Waals surface area contributed by atoms with Crippen LogP contribution in [0.2, 0.25) is 0 Å². The quantitative estimate of drug-likeness (QED) is 0.797. The molecule has 0 saturated heterocycles. The van der Waals surface area contributed by atoms with Gasteiger partial charge in [0.1, 0.15) is 0 Å². The van der Waals surface area contributed by atoms with Crippen molar-refractivity contribution in [2.45, 2.75) is 33.4 Å². The summed E-state index contributed by atoms with van der Waals surface area (Å²) in [5.41, 5.74) is -0.153. The number of ether oxygens (including phenoxy) is 1. The fourth-order valence-corrected chi connectivity index (χ4v) is 1.33. The smallest absolute Gasteiger partial charge is 0.328 e. The Morgan fingerprint density at radius 2 is 2.13 bits per heavy atom. The van der Waals surface area contributed by atoms with Crippen molar-refractivity contribution in [1.29, 1.82) is 0 Å². The van der Waals surface area contributed by atoms with Gasteiger partial charge in [0.05, 0.1) is 12.3 Å². The van der Waals surface area contributed by atoms with Gasteiger partial charge >= 0.3 is 5.69 Å². The molecule has 1 rings (SSSR count). The number of rotatable bonds is 4. The van der Waals surface area contributed by atoms with E-state index in [1.54, 1.807) is 13.8 Å². The largest absolute Gasteiger partial charge is 0.376 e. The van der Waals surface area contributed by atoms with Crippen molar-refractivity contribution in [3.05, 3.63) is 32.6 Å². The number of aromatic nitrogens is 2. The van der Waals surface area contributed by atoms with E-state index in [-0.39, 0.29) is 23.9 Å². The maximum atomic E-state index is 11.6. The summed E-state index contributed by atoms with van der Waals surface area (Å²) >= 11 is 0. The summed E-state index contributed by atoms with van der Waals surface area (Å²) in [6.07, 6.45) is 0. The van der Waals surface area contributed by atoms with Crippen LogP contribution in [0.5, 0.6) is 0 Å². The molecule has 0 aliphatic carbocycles. The Kier molecular flexibility index (Phi) is 3.85. The van der Waals surface area contributed by atoms with Crippen LogP contribution in [0.1, 0.15) is 32.5 Å². The summed E-state index contributed by atoms with van der Waals surface area (Å²) in [6.45, 7) is 6.25.